The number of aromatic nitrogens is 2. The smallest absolute Gasteiger partial charge is 0.329 e. The monoisotopic (exact) mass is 334 g/mol. The van der Waals surface area contributed by atoms with Crippen LogP contribution in [-0.2, 0) is 0 Å². The Morgan fingerprint density at radius 2 is 2.25 bits per heavy atom. The molecule has 0 bridgehead atoms. The quantitative estimate of drug-likeness (QED) is 0.650. The van der Waals surface area contributed by atoms with Crippen LogP contribution in [-0.4, -0.2) is 14.9 Å². The summed E-state index contributed by atoms with van der Waals surface area (Å²) < 4.78 is 0.712. The van der Waals surface area contributed by atoms with Gasteiger partial charge in [0.2, 0.25) is 11.8 Å². The second-order valence-corrected chi connectivity index (χ2v) is 4.56. The second-order valence-electron chi connectivity index (χ2n) is 3.65. The van der Waals surface area contributed by atoms with E-state index in [9.17, 15) is 10.1 Å². The van der Waals surface area contributed by atoms with Gasteiger partial charge in [-0.05, 0) is 18.2 Å². The van der Waals surface area contributed by atoms with E-state index in [1.807, 2.05) is 6.07 Å². The number of nitrogens with two attached hydrogens (primary N) is 1. The Balaban J connectivity index is 2.50. The van der Waals surface area contributed by atoms with E-state index in [2.05, 4.69) is 31.2 Å². The first kappa shape index (κ1) is 13.7. The van der Waals surface area contributed by atoms with Crippen molar-refractivity contribution in [2.24, 2.45) is 0 Å². The van der Waals surface area contributed by atoms with Gasteiger partial charge in [-0.25, -0.2) is 4.98 Å². The minimum atomic E-state index is -0.633. The van der Waals surface area contributed by atoms with E-state index in [0.29, 0.717) is 15.7 Å². The first-order valence-corrected chi connectivity index (χ1v) is 6.04. The van der Waals surface area contributed by atoms with E-state index >= 15 is 0 Å². The molecule has 0 aliphatic carbocycles. The second kappa shape index (κ2) is 5.50. The molecule has 0 amide bonds. The molecule has 2 rings (SSSR count). The molecule has 0 spiro atoms. The van der Waals surface area contributed by atoms with Crippen molar-refractivity contribution in [1.29, 1.82) is 5.26 Å². The summed E-state index contributed by atoms with van der Waals surface area (Å²) in [5.74, 6) is -0.177. The van der Waals surface area contributed by atoms with Crippen molar-refractivity contribution in [2.75, 3.05) is 11.1 Å². The molecule has 0 fully saturated rings. The van der Waals surface area contributed by atoms with Gasteiger partial charge in [-0.3, -0.25) is 10.1 Å². The summed E-state index contributed by atoms with van der Waals surface area (Å²) in [5.41, 5.74) is 5.79. The molecule has 0 radical (unpaired) electrons. The fourth-order valence-corrected chi connectivity index (χ4v) is 1.82. The molecule has 1 heterocycles. The van der Waals surface area contributed by atoms with Gasteiger partial charge in [0, 0.05) is 4.47 Å². The third-order valence-electron chi connectivity index (χ3n) is 2.34. The van der Waals surface area contributed by atoms with Crippen molar-refractivity contribution in [3.8, 4) is 6.07 Å². The van der Waals surface area contributed by atoms with Crippen LogP contribution in [0.25, 0.3) is 0 Å². The van der Waals surface area contributed by atoms with E-state index in [1.165, 1.54) is 0 Å². The minimum absolute atomic E-state index is 0.0721. The number of anilines is 3. The third kappa shape index (κ3) is 2.81. The van der Waals surface area contributed by atoms with Crippen LogP contribution in [0.15, 0.2) is 28.9 Å². The van der Waals surface area contributed by atoms with Gasteiger partial charge in [-0.15, -0.1) is 0 Å². The fraction of sp³-hybridized carbons (Fsp3) is 0. The number of nitrogen functional groups attached to an aromatic ring is 1. The summed E-state index contributed by atoms with van der Waals surface area (Å²) in [6.45, 7) is 0. The number of nitrogens with one attached hydrogen (secondary N) is 1. The van der Waals surface area contributed by atoms with Crippen LogP contribution in [0.4, 0.5) is 23.1 Å². The third-order valence-corrected chi connectivity index (χ3v) is 2.83. The lowest BCUT2D eigenvalue weighted by Gasteiger charge is -2.08. The van der Waals surface area contributed by atoms with Gasteiger partial charge in [-0.2, -0.15) is 10.2 Å². The molecular formula is C11H7BrN6O2. The van der Waals surface area contributed by atoms with E-state index in [1.54, 1.807) is 18.2 Å². The Labute approximate surface area is 121 Å². The van der Waals surface area contributed by atoms with Crippen molar-refractivity contribution in [3.63, 3.8) is 0 Å². The first-order chi connectivity index (χ1) is 9.51. The molecular weight excluding hydrogens is 328 g/mol. The SMILES string of the molecule is N#Cc1ccc(Br)cc1Nc1nc(N)ncc1[N+](=O)[O-]. The average Bonchev–Trinajstić information content (AvgIpc) is 2.38. The zero-order valence-electron chi connectivity index (χ0n) is 9.87. The van der Waals surface area contributed by atoms with Gasteiger partial charge >= 0.3 is 5.69 Å². The molecule has 8 nitrogen and oxygen atoms in total. The summed E-state index contributed by atoms with van der Waals surface area (Å²) >= 11 is 3.26. The van der Waals surface area contributed by atoms with Crippen molar-refractivity contribution >= 4 is 39.1 Å². The van der Waals surface area contributed by atoms with Crippen LogP contribution < -0.4 is 11.1 Å². The molecule has 100 valence electrons. The molecule has 0 atom stereocenters. The van der Waals surface area contributed by atoms with Crippen LogP contribution >= 0.6 is 15.9 Å². The number of nitro groups is 1. The Hall–Kier alpha value is -2.73. The van der Waals surface area contributed by atoms with E-state index in [-0.39, 0.29) is 17.5 Å². The van der Waals surface area contributed by atoms with Crippen molar-refractivity contribution in [1.82, 2.24) is 9.97 Å². The molecule has 1 aromatic carbocycles. The highest BCUT2D eigenvalue weighted by Gasteiger charge is 2.18. The molecule has 0 saturated heterocycles. The van der Waals surface area contributed by atoms with Crippen molar-refractivity contribution in [3.05, 3.63) is 44.5 Å². The molecule has 0 aliphatic rings. The van der Waals surface area contributed by atoms with Crippen LogP contribution in [0.3, 0.4) is 0 Å². The molecule has 3 N–H and O–H groups in total. The molecule has 1 aromatic heterocycles. The lowest BCUT2D eigenvalue weighted by atomic mass is 10.2. The molecule has 0 aliphatic heterocycles. The maximum Gasteiger partial charge on any atom is 0.329 e. The minimum Gasteiger partial charge on any atom is -0.368 e. The molecule has 0 unspecified atom stereocenters. The normalized spacial score (nSPS) is 9.80. The van der Waals surface area contributed by atoms with Gasteiger partial charge < -0.3 is 11.1 Å². The van der Waals surface area contributed by atoms with E-state index < -0.39 is 4.92 Å². The van der Waals surface area contributed by atoms with E-state index in [4.69, 9.17) is 11.0 Å². The highest BCUT2D eigenvalue weighted by atomic mass is 79.9. The van der Waals surface area contributed by atoms with Gasteiger partial charge in [-0.1, -0.05) is 15.9 Å². The Kier molecular flexibility index (Phi) is 3.76. The predicted octanol–water partition coefficient (Wildman–Crippen LogP) is 2.34. The summed E-state index contributed by atoms with van der Waals surface area (Å²) in [7, 11) is 0. The standard InChI is InChI=1S/C11H7BrN6O2/c12-7-2-1-6(4-13)8(3-7)16-10-9(18(19)20)5-15-11(14)17-10/h1-3,5H,(H3,14,15,16,17). The lowest BCUT2D eigenvalue weighted by molar-refractivity contribution is -0.384. The van der Waals surface area contributed by atoms with Crippen LogP contribution in [0.1, 0.15) is 5.56 Å². The highest BCUT2D eigenvalue weighted by molar-refractivity contribution is 9.10. The maximum atomic E-state index is 10.9. The number of benzene rings is 1. The van der Waals surface area contributed by atoms with Crippen LogP contribution in [0.2, 0.25) is 0 Å². The van der Waals surface area contributed by atoms with Crippen LogP contribution in [0, 0.1) is 21.4 Å². The van der Waals surface area contributed by atoms with Crippen LogP contribution in [0.5, 0.6) is 0 Å². The lowest BCUT2D eigenvalue weighted by Crippen LogP contribution is -2.04. The molecule has 0 saturated carbocycles. The molecule has 20 heavy (non-hydrogen) atoms. The van der Waals surface area contributed by atoms with Gasteiger partial charge in [0.1, 0.15) is 12.3 Å². The summed E-state index contributed by atoms with van der Waals surface area (Å²) in [5, 5.41) is 22.7. The Morgan fingerprint density at radius 1 is 1.50 bits per heavy atom. The Morgan fingerprint density at radius 3 is 2.90 bits per heavy atom. The van der Waals surface area contributed by atoms with Crippen molar-refractivity contribution in [2.45, 2.75) is 0 Å². The first-order valence-electron chi connectivity index (χ1n) is 5.25. The number of halogens is 1. The zero-order chi connectivity index (χ0) is 14.7. The van der Waals surface area contributed by atoms with Crippen molar-refractivity contribution < 1.29 is 4.92 Å². The number of nitriles is 1. The zero-order valence-corrected chi connectivity index (χ0v) is 11.5. The number of rotatable bonds is 3. The summed E-state index contributed by atoms with van der Waals surface area (Å²) in [6.07, 6.45) is 1.01. The topological polar surface area (TPSA) is 131 Å². The van der Waals surface area contributed by atoms with E-state index in [0.717, 1.165) is 6.20 Å². The molecule has 2 aromatic rings. The number of nitrogens with zero attached hydrogens (tertiary/aromatic N) is 4. The largest absolute Gasteiger partial charge is 0.368 e. The number of hydrogen-bond acceptors (Lipinski definition) is 7. The predicted molar refractivity (Wildman–Crippen MR) is 75.2 cm³/mol. The average molecular weight is 335 g/mol. The summed E-state index contributed by atoms with van der Waals surface area (Å²) in [4.78, 5) is 17.6. The van der Waals surface area contributed by atoms with Gasteiger partial charge in [0.25, 0.3) is 0 Å². The number of hydrogen-bond donors (Lipinski definition) is 2. The van der Waals surface area contributed by atoms with Gasteiger partial charge in [0.15, 0.2) is 0 Å². The fourth-order valence-electron chi connectivity index (χ4n) is 1.46. The summed E-state index contributed by atoms with van der Waals surface area (Å²) in [6, 6.07) is 6.85. The Bertz CT molecular complexity index is 727. The van der Waals surface area contributed by atoms with Gasteiger partial charge in [0.05, 0.1) is 16.2 Å². The maximum absolute atomic E-state index is 10.9. The highest BCUT2D eigenvalue weighted by Crippen LogP contribution is 2.28. The molecule has 9 heteroatoms.